The number of aryl methyl sites for hydroxylation is 2. The number of anilines is 3. The van der Waals surface area contributed by atoms with Gasteiger partial charge < -0.3 is 29.5 Å². The molecule has 2 aromatic carbocycles. The van der Waals surface area contributed by atoms with Crippen LogP contribution in [-0.2, 0) is 11.8 Å². The number of hydrogen-bond acceptors (Lipinski definition) is 9. The Hall–Kier alpha value is -5.49. The van der Waals surface area contributed by atoms with Crippen molar-refractivity contribution in [3.05, 3.63) is 99.0 Å². The average molecular weight is 608 g/mol. The van der Waals surface area contributed by atoms with E-state index in [2.05, 4.69) is 15.4 Å². The van der Waals surface area contributed by atoms with Crippen LogP contribution in [0.4, 0.5) is 17.2 Å². The van der Waals surface area contributed by atoms with Gasteiger partial charge in [-0.05, 0) is 55.0 Å². The average Bonchev–Trinajstić information content (AvgIpc) is 3.04. The van der Waals surface area contributed by atoms with E-state index in [4.69, 9.17) is 4.74 Å². The van der Waals surface area contributed by atoms with Crippen molar-refractivity contribution in [3.63, 3.8) is 0 Å². The second-order valence-electron chi connectivity index (χ2n) is 11.2. The van der Waals surface area contributed by atoms with E-state index in [0.717, 1.165) is 11.3 Å². The third-order valence-electron chi connectivity index (χ3n) is 7.92. The van der Waals surface area contributed by atoms with Crippen molar-refractivity contribution in [3.8, 4) is 22.6 Å². The van der Waals surface area contributed by atoms with E-state index >= 15 is 0 Å². The van der Waals surface area contributed by atoms with Gasteiger partial charge in [0.25, 0.3) is 17.0 Å². The van der Waals surface area contributed by atoms with Gasteiger partial charge in [-0.1, -0.05) is 6.07 Å². The molecule has 0 bridgehead atoms. The van der Waals surface area contributed by atoms with E-state index in [1.54, 1.807) is 60.7 Å². The minimum Gasteiger partial charge on any atom is -0.505 e. The molecule has 5 aromatic rings. The first-order valence-corrected chi connectivity index (χ1v) is 14.5. The largest absolute Gasteiger partial charge is 0.505 e. The number of benzene rings is 2. The number of aromatic hydroxyl groups is 1. The van der Waals surface area contributed by atoms with E-state index in [1.807, 2.05) is 38.1 Å². The second kappa shape index (κ2) is 11.9. The summed E-state index contributed by atoms with van der Waals surface area (Å²) in [4.78, 5) is 47.4. The molecule has 0 radical (unpaired) electrons. The zero-order chi connectivity index (χ0) is 31.8. The zero-order valence-electron chi connectivity index (χ0n) is 25.4. The number of rotatable bonds is 6. The predicted molar refractivity (Wildman–Crippen MR) is 173 cm³/mol. The number of phenols is 1. The summed E-state index contributed by atoms with van der Waals surface area (Å²) < 4.78 is 7.91. The number of morpholine rings is 1. The van der Waals surface area contributed by atoms with Crippen molar-refractivity contribution < 1.29 is 14.6 Å². The Morgan fingerprint density at radius 1 is 1.00 bits per heavy atom. The topological polar surface area (TPSA) is 135 Å². The number of amides is 1. The van der Waals surface area contributed by atoms with Crippen LogP contribution >= 0.6 is 0 Å². The summed E-state index contributed by atoms with van der Waals surface area (Å²) in [6, 6.07) is 13.9. The van der Waals surface area contributed by atoms with Crippen LogP contribution in [0.25, 0.3) is 27.6 Å². The minimum absolute atomic E-state index is 0.126. The van der Waals surface area contributed by atoms with Gasteiger partial charge in [-0.2, -0.15) is 9.78 Å². The van der Waals surface area contributed by atoms with E-state index < -0.39 is 0 Å². The fraction of sp³-hybridized carbons (Fsp3) is 0.242. The van der Waals surface area contributed by atoms with Crippen molar-refractivity contribution in [1.82, 2.24) is 24.2 Å². The predicted octanol–water partition coefficient (Wildman–Crippen LogP) is 3.44. The highest BCUT2D eigenvalue weighted by molar-refractivity contribution is 5.94. The number of pyridine rings is 2. The molecule has 3 aromatic heterocycles. The summed E-state index contributed by atoms with van der Waals surface area (Å²) in [7, 11) is 5.45. The van der Waals surface area contributed by atoms with Crippen molar-refractivity contribution in [1.29, 1.82) is 0 Å². The Morgan fingerprint density at radius 2 is 1.78 bits per heavy atom. The van der Waals surface area contributed by atoms with Crippen molar-refractivity contribution in [2.45, 2.75) is 6.92 Å². The Morgan fingerprint density at radius 3 is 2.49 bits per heavy atom. The molecule has 1 aliphatic rings. The number of nitrogens with one attached hydrogen (secondary N) is 1. The molecule has 0 atom stereocenters. The third-order valence-corrected chi connectivity index (χ3v) is 7.92. The molecule has 2 N–H and O–H groups in total. The number of carbonyl (C=O) groups excluding carboxylic acids is 1. The molecule has 0 aliphatic carbocycles. The van der Waals surface area contributed by atoms with Crippen molar-refractivity contribution >= 4 is 33.9 Å². The van der Waals surface area contributed by atoms with E-state index in [-0.39, 0.29) is 34.1 Å². The van der Waals surface area contributed by atoms with Crippen LogP contribution in [0.2, 0.25) is 0 Å². The number of fused-ring (bicyclic) bond motifs is 1. The molecule has 6 rings (SSSR count). The van der Waals surface area contributed by atoms with Crippen LogP contribution in [0.3, 0.4) is 0 Å². The number of ether oxygens (including phenoxy) is 1. The van der Waals surface area contributed by atoms with Crippen molar-refractivity contribution in [2.24, 2.45) is 7.05 Å². The monoisotopic (exact) mass is 607 g/mol. The number of aromatic nitrogens is 4. The summed E-state index contributed by atoms with van der Waals surface area (Å²) in [6.45, 7) is 3.90. The number of carbonyl (C=O) groups is 1. The second-order valence-corrected chi connectivity index (χ2v) is 11.2. The molecule has 1 aliphatic heterocycles. The highest BCUT2D eigenvalue weighted by atomic mass is 16.5. The lowest BCUT2D eigenvalue weighted by molar-refractivity contribution is 0.0302. The van der Waals surface area contributed by atoms with Gasteiger partial charge in [-0.25, -0.2) is 4.98 Å². The first-order valence-electron chi connectivity index (χ1n) is 14.5. The third kappa shape index (κ3) is 5.63. The summed E-state index contributed by atoms with van der Waals surface area (Å²) in [5, 5.41) is 20.1. The molecule has 0 saturated carbocycles. The van der Waals surface area contributed by atoms with Crippen LogP contribution < -0.4 is 21.3 Å². The maximum absolute atomic E-state index is 13.5. The smallest absolute Gasteiger partial charge is 0.279 e. The summed E-state index contributed by atoms with van der Waals surface area (Å²) in [6.07, 6.45) is 4.70. The number of nitrogens with zero attached hydrogens (tertiary/aromatic N) is 6. The van der Waals surface area contributed by atoms with Gasteiger partial charge in [-0.15, -0.1) is 0 Å². The molecule has 1 saturated heterocycles. The molecule has 4 heterocycles. The summed E-state index contributed by atoms with van der Waals surface area (Å²) in [5.41, 5.74) is 2.85. The Balaban J connectivity index is 1.34. The van der Waals surface area contributed by atoms with E-state index in [9.17, 15) is 19.5 Å². The molecule has 230 valence electrons. The quantitative estimate of drug-likeness (QED) is 0.298. The first kappa shape index (κ1) is 29.6. The molecule has 12 nitrogen and oxygen atoms in total. The maximum Gasteiger partial charge on any atom is 0.279 e. The summed E-state index contributed by atoms with van der Waals surface area (Å²) in [5.74, 6) is 0.101. The minimum atomic E-state index is -0.368. The molecule has 0 unspecified atom stereocenters. The van der Waals surface area contributed by atoms with Crippen molar-refractivity contribution in [2.75, 3.05) is 50.6 Å². The Kier molecular flexibility index (Phi) is 7.81. The number of phenolic OH excluding ortho intramolecular Hbond substituents is 1. The maximum atomic E-state index is 13.5. The van der Waals surface area contributed by atoms with E-state index in [1.165, 1.54) is 15.4 Å². The highest BCUT2D eigenvalue weighted by Crippen LogP contribution is 2.37. The van der Waals surface area contributed by atoms with Gasteiger partial charge >= 0.3 is 0 Å². The van der Waals surface area contributed by atoms with Crippen LogP contribution in [-0.4, -0.2) is 75.6 Å². The normalized spacial score (nSPS) is 13.2. The molecule has 1 fully saturated rings. The lowest BCUT2D eigenvalue weighted by atomic mass is 9.99. The lowest BCUT2D eigenvalue weighted by Crippen LogP contribution is -2.40. The highest BCUT2D eigenvalue weighted by Gasteiger charge is 2.20. The molecular formula is C33H33N7O5. The fourth-order valence-corrected chi connectivity index (χ4v) is 5.42. The summed E-state index contributed by atoms with van der Waals surface area (Å²) >= 11 is 0. The van der Waals surface area contributed by atoms with Crippen LogP contribution in [0.5, 0.6) is 5.75 Å². The molecule has 1 amide bonds. The zero-order valence-corrected chi connectivity index (χ0v) is 25.4. The van der Waals surface area contributed by atoms with Gasteiger partial charge in [0.1, 0.15) is 22.9 Å². The van der Waals surface area contributed by atoms with E-state index in [0.29, 0.717) is 59.6 Å². The number of hydrogen-bond donors (Lipinski definition) is 2. The molecule has 12 heteroatoms. The van der Waals surface area contributed by atoms with Crippen LogP contribution in [0, 0.1) is 6.92 Å². The molecular weight excluding hydrogens is 574 g/mol. The molecule has 0 spiro atoms. The van der Waals surface area contributed by atoms with Gasteiger partial charge in [-0.3, -0.25) is 14.4 Å². The molecule has 45 heavy (non-hydrogen) atoms. The van der Waals surface area contributed by atoms with Gasteiger partial charge in [0.05, 0.1) is 30.4 Å². The Bertz CT molecular complexity index is 2040. The standard InChI is InChI=1S/C33H33N7O5/c1-20-5-9-27(40-32(43)25-8-7-24(37(2)3)15-22(25)18-35-40)30(41)29(20)23-16-26(33(44)38(4)19-23)36-28-10-6-21(17-34-28)31(42)39-11-13-45-14-12-39/h5-10,15-19,41H,11-14H2,1-4H3,(H,34,36). The SMILES string of the molecule is Cc1ccc(-n2ncc3cc(N(C)C)ccc3c2=O)c(O)c1-c1cc(Nc2ccc(C(=O)N3CCOCC3)cn2)c(=O)n(C)c1. The van der Waals surface area contributed by atoms with Gasteiger partial charge in [0.15, 0.2) is 0 Å². The first-order chi connectivity index (χ1) is 21.6. The Labute approximate surface area is 258 Å². The lowest BCUT2D eigenvalue weighted by Gasteiger charge is -2.26. The van der Waals surface area contributed by atoms with Crippen LogP contribution in [0.15, 0.2) is 76.7 Å². The van der Waals surface area contributed by atoms with Gasteiger partial charge in [0.2, 0.25) is 0 Å². The fourth-order valence-electron chi connectivity index (χ4n) is 5.42. The van der Waals surface area contributed by atoms with Crippen LogP contribution in [0.1, 0.15) is 15.9 Å². The van der Waals surface area contributed by atoms with Gasteiger partial charge in [0, 0.05) is 68.8 Å².